The van der Waals surface area contributed by atoms with Gasteiger partial charge in [0.15, 0.2) is 0 Å². The van der Waals surface area contributed by atoms with E-state index in [1.165, 1.54) is 17.0 Å². The summed E-state index contributed by atoms with van der Waals surface area (Å²) >= 11 is 0. The van der Waals surface area contributed by atoms with Crippen LogP contribution in [0.3, 0.4) is 0 Å². The fourth-order valence-corrected chi connectivity index (χ4v) is 4.16. The molecular formula is C25H27N3O5. The third-order valence-electron chi connectivity index (χ3n) is 5.99. The van der Waals surface area contributed by atoms with E-state index in [9.17, 15) is 19.2 Å². The zero-order valence-corrected chi connectivity index (χ0v) is 18.7. The summed E-state index contributed by atoms with van der Waals surface area (Å²) in [6.07, 6.45) is 0.853. The van der Waals surface area contributed by atoms with Crippen molar-refractivity contribution in [1.29, 1.82) is 0 Å². The van der Waals surface area contributed by atoms with E-state index in [1.54, 1.807) is 24.8 Å². The summed E-state index contributed by atoms with van der Waals surface area (Å²) in [6.45, 7) is 4.75. The van der Waals surface area contributed by atoms with Crippen LogP contribution >= 0.6 is 0 Å². The number of likely N-dealkylation sites (tertiary alicyclic amines) is 1. The van der Waals surface area contributed by atoms with E-state index in [4.69, 9.17) is 4.74 Å². The Labute approximate surface area is 192 Å². The normalized spacial score (nSPS) is 16.2. The van der Waals surface area contributed by atoms with Crippen LogP contribution in [0, 0.1) is 0 Å². The van der Waals surface area contributed by atoms with Crippen LogP contribution in [0.2, 0.25) is 0 Å². The molecule has 0 bridgehead atoms. The predicted molar refractivity (Wildman–Crippen MR) is 121 cm³/mol. The number of hydrogen-bond donors (Lipinski definition) is 1. The lowest BCUT2D eigenvalue weighted by atomic mass is 10.0. The van der Waals surface area contributed by atoms with Crippen molar-refractivity contribution in [2.45, 2.75) is 45.4 Å². The van der Waals surface area contributed by atoms with Gasteiger partial charge in [0.2, 0.25) is 0 Å². The SMILES string of the molecule is CC(C)N1C(=O)c2ccc(C(=O)NC3CCN(C(=O)OCc4ccccc4)CC3)cc2C1=O. The highest BCUT2D eigenvalue weighted by molar-refractivity contribution is 6.22. The number of imide groups is 1. The number of hydrogen-bond acceptors (Lipinski definition) is 5. The number of fused-ring (bicyclic) bond motifs is 1. The van der Waals surface area contributed by atoms with Crippen LogP contribution in [-0.4, -0.2) is 58.8 Å². The first-order chi connectivity index (χ1) is 15.8. The molecule has 2 aromatic carbocycles. The van der Waals surface area contributed by atoms with E-state index in [-0.39, 0.29) is 48.1 Å². The number of carbonyl (C=O) groups is 4. The van der Waals surface area contributed by atoms with Crippen molar-refractivity contribution in [3.8, 4) is 0 Å². The molecule has 1 fully saturated rings. The maximum atomic E-state index is 12.8. The fourth-order valence-electron chi connectivity index (χ4n) is 4.16. The first-order valence-electron chi connectivity index (χ1n) is 11.1. The molecule has 0 unspecified atom stereocenters. The van der Waals surface area contributed by atoms with E-state index < -0.39 is 0 Å². The largest absolute Gasteiger partial charge is 0.445 e. The van der Waals surface area contributed by atoms with Gasteiger partial charge in [-0.2, -0.15) is 0 Å². The number of benzene rings is 2. The van der Waals surface area contributed by atoms with E-state index in [0.29, 0.717) is 37.1 Å². The maximum Gasteiger partial charge on any atom is 0.410 e. The van der Waals surface area contributed by atoms with Crippen molar-refractivity contribution in [3.05, 3.63) is 70.8 Å². The van der Waals surface area contributed by atoms with Crippen LogP contribution in [0.25, 0.3) is 0 Å². The summed E-state index contributed by atoms with van der Waals surface area (Å²) in [6, 6.07) is 13.8. The van der Waals surface area contributed by atoms with Crippen LogP contribution in [-0.2, 0) is 11.3 Å². The zero-order chi connectivity index (χ0) is 23.5. The molecule has 0 aliphatic carbocycles. The first kappa shape index (κ1) is 22.5. The quantitative estimate of drug-likeness (QED) is 0.707. The first-order valence-corrected chi connectivity index (χ1v) is 11.1. The van der Waals surface area contributed by atoms with Crippen LogP contribution in [0.15, 0.2) is 48.5 Å². The van der Waals surface area contributed by atoms with Gasteiger partial charge in [0.25, 0.3) is 17.7 Å². The molecule has 0 atom stereocenters. The van der Waals surface area contributed by atoms with Gasteiger partial charge in [0.1, 0.15) is 6.61 Å². The third-order valence-corrected chi connectivity index (χ3v) is 5.99. The van der Waals surface area contributed by atoms with Crippen molar-refractivity contribution in [2.24, 2.45) is 0 Å². The second-order valence-electron chi connectivity index (χ2n) is 8.61. The molecule has 4 amide bonds. The fraction of sp³-hybridized carbons (Fsp3) is 0.360. The maximum absolute atomic E-state index is 12.8. The highest BCUT2D eigenvalue weighted by Crippen LogP contribution is 2.26. The van der Waals surface area contributed by atoms with Crippen LogP contribution in [0.5, 0.6) is 0 Å². The Balaban J connectivity index is 1.30. The Bertz CT molecular complexity index is 1070. The molecule has 1 saturated heterocycles. The van der Waals surface area contributed by atoms with Crippen LogP contribution < -0.4 is 5.32 Å². The van der Waals surface area contributed by atoms with Gasteiger partial charge in [-0.15, -0.1) is 0 Å². The van der Waals surface area contributed by atoms with Crippen LogP contribution in [0.1, 0.15) is 63.3 Å². The summed E-state index contributed by atoms with van der Waals surface area (Å²) in [5.41, 5.74) is 1.86. The number of piperidine rings is 1. The van der Waals surface area contributed by atoms with E-state index >= 15 is 0 Å². The Kier molecular flexibility index (Phi) is 6.44. The highest BCUT2D eigenvalue weighted by atomic mass is 16.6. The summed E-state index contributed by atoms with van der Waals surface area (Å²) in [5, 5.41) is 2.98. The molecule has 2 aliphatic rings. The summed E-state index contributed by atoms with van der Waals surface area (Å²) in [4.78, 5) is 52.9. The molecule has 0 saturated carbocycles. The summed E-state index contributed by atoms with van der Waals surface area (Å²) < 4.78 is 5.38. The minimum Gasteiger partial charge on any atom is -0.445 e. The minimum atomic E-state index is -0.373. The number of carbonyl (C=O) groups excluding carboxylic acids is 4. The molecule has 33 heavy (non-hydrogen) atoms. The van der Waals surface area contributed by atoms with Gasteiger partial charge in [-0.25, -0.2) is 4.79 Å². The Hall–Kier alpha value is -3.68. The molecule has 0 spiro atoms. The molecule has 2 aliphatic heterocycles. The van der Waals surface area contributed by atoms with Gasteiger partial charge >= 0.3 is 6.09 Å². The third kappa shape index (κ3) is 4.74. The predicted octanol–water partition coefficient (Wildman–Crippen LogP) is 3.22. The minimum absolute atomic E-state index is 0.0894. The Morgan fingerprint density at radius 1 is 1.00 bits per heavy atom. The molecule has 172 valence electrons. The molecule has 2 aromatic rings. The molecular weight excluding hydrogens is 422 g/mol. The molecule has 1 N–H and O–H groups in total. The van der Waals surface area contributed by atoms with E-state index in [1.807, 2.05) is 30.3 Å². The number of nitrogens with one attached hydrogen (secondary N) is 1. The smallest absolute Gasteiger partial charge is 0.410 e. The lowest BCUT2D eigenvalue weighted by Crippen LogP contribution is -2.46. The Morgan fingerprint density at radius 2 is 1.67 bits per heavy atom. The van der Waals surface area contributed by atoms with Crippen LogP contribution in [0.4, 0.5) is 4.79 Å². The lowest BCUT2D eigenvalue weighted by molar-refractivity contribution is 0.0608. The topological polar surface area (TPSA) is 96.0 Å². The van der Waals surface area contributed by atoms with Crippen molar-refractivity contribution in [3.63, 3.8) is 0 Å². The standard InChI is InChI=1S/C25H27N3O5/c1-16(2)28-23(30)20-9-8-18(14-21(20)24(28)31)22(29)26-19-10-12-27(13-11-19)25(32)33-15-17-6-4-3-5-7-17/h3-9,14,16,19H,10-13,15H2,1-2H3,(H,26,29). The van der Waals surface area contributed by atoms with Gasteiger partial charge in [-0.05, 0) is 50.5 Å². The second-order valence-corrected chi connectivity index (χ2v) is 8.61. The van der Waals surface area contributed by atoms with E-state index in [0.717, 1.165) is 5.56 Å². The molecule has 0 radical (unpaired) electrons. The van der Waals surface area contributed by atoms with Gasteiger partial charge in [0, 0.05) is 30.7 Å². The summed E-state index contributed by atoms with van der Waals surface area (Å²) in [7, 11) is 0. The molecule has 4 rings (SSSR count). The molecule has 8 nitrogen and oxygen atoms in total. The lowest BCUT2D eigenvalue weighted by Gasteiger charge is -2.31. The van der Waals surface area contributed by atoms with Gasteiger partial charge in [0.05, 0.1) is 11.1 Å². The van der Waals surface area contributed by atoms with Gasteiger partial charge in [-0.3, -0.25) is 19.3 Å². The second kappa shape index (κ2) is 9.44. The average Bonchev–Trinajstić information content (AvgIpc) is 3.08. The highest BCUT2D eigenvalue weighted by Gasteiger charge is 2.37. The average molecular weight is 450 g/mol. The number of nitrogens with zero attached hydrogens (tertiary/aromatic N) is 2. The van der Waals surface area contributed by atoms with Gasteiger partial charge < -0.3 is 15.0 Å². The Morgan fingerprint density at radius 3 is 2.33 bits per heavy atom. The van der Waals surface area contributed by atoms with Crippen molar-refractivity contribution in [2.75, 3.05) is 13.1 Å². The monoisotopic (exact) mass is 449 g/mol. The zero-order valence-electron chi connectivity index (χ0n) is 18.7. The van der Waals surface area contributed by atoms with Gasteiger partial charge in [-0.1, -0.05) is 30.3 Å². The molecule has 2 heterocycles. The summed E-state index contributed by atoms with van der Waals surface area (Å²) in [5.74, 6) is -1.00. The molecule has 8 heteroatoms. The molecule has 0 aromatic heterocycles. The van der Waals surface area contributed by atoms with Crippen molar-refractivity contribution >= 4 is 23.8 Å². The number of ether oxygens (including phenoxy) is 1. The van der Waals surface area contributed by atoms with Crippen molar-refractivity contribution in [1.82, 2.24) is 15.1 Å². The van der Waals surface area contributed by atoms with Crippen molar-refractivity contribution < 1.29 is 23.9 Å². The number of amides is 4. The number of rotatable bonds is 5. The van der Waals surface area contributed by atoms with E-state index in [2.05, 4.69) is 5.32 Å².